The predicted molar refractivity (Wildman–Crippen MR) is 296 cm³/mol. The van der Waals surface area contributed by atoms with Gasteiger partial charge in [0.1, 0.15) is 73.2 Å². The van der Waals surface area contributed by atoms with Gasteiger partial charge >= 0.3 is 0 Å². The monoisotopic (exact) mass is 1120 g/mol. The van der Waals surface area contributed by atoms with Crippen molar-refractivity contribution in [3.63, 3.8) is 0 Å². The lowest BCUT2D eigenvalue weighted by molar-refractivity contribution is -0.379. The average molecular weight is 1120 g/mol. The molecule has 78 heavy (non-hydrogen) atoms. The molecule has 0 saturated carbocycles. The summed E-state index contributed by atoms with van der Waals surface area (Å²) >= 11 is 0. The fraction of sp³-hybridized carbons (Fsp3) is 0.915. The van der Waals surface area contributed by atoms with Crippen LogP contribution in [0, 0.1) is 0 Å². The van der Waals surface area contributed by atoms with Crippen molar-refractivity contribution in [2.75, 3.05) is 26.4 Å². The minimum absolute atomic E-state index is 0.251. The fourth-order valence-corrected chi connectivity index (χ4v) is 10.5. The van der Waals surface area contributed by atoms with E-state index in [4.69, 9.17) is 28.4 Å². The summed E-state index contributed by atoms with van der Waals surface area (Å²) in [5, 5.41) is 120. The molecule has 12 N–H and O–H groups in total. The van der Waals surface area contributed by atoms with Gasteiger partial charge in [0.05, 0.1) is 38.6 Å². The van der Waals surface area contributed by atoms with Gasteiger partial charge in [0.25, 0.3) is 0 Å². The molecule has 3 rings (SSSR count). The lowest BCUT2D eigenvalue weighted by atomic mass is 9.96. The summed E-state index contributed by atoms with van der Waals surface area (Å²) in [4.78, 5) is 13.3. The standard InChI is InChI=1S/C59H109NO18/c1-3-5-7-9-11-13-15-17-19-20-21-23-25-27-29-31-33-35-37-47(65)60-42(43(64)36-34-32-30-28-26-24-22-18-16-14-12-10-8-6-4-2)41-73-57-53(71)50(68)55(45(39-62)75-57)78-59-54(72)51(69)56(46(40-63)76-59)77-58-52(70)49(67)48(66)44(38-61)74-58/h13,15,19-20,42-46,48-59,61-64,66-72H,3-12,14,16-18,21-41H2,1-2H3,(H,60,65)/b15-13-,20-19-. The van der Waals surface area contributed by atoms with Gasteiger partial charge in [-0.1, -0.05) is 186 Å². The van der Waals surface area contributed by atoms with E-state index in [-0.39, 0.29) is 18.9 Å². The first-order valence-electron chi connectivity index (χ1n) is 30.6. The summed E-state index contributed by atoms with van der Waals surface area (Å²) in [6.07, 6.45) is 16.8. The topological polar surface area (TPSA) is 307 Å². The molecule has 458 valence electrons. The minimum Gasteiger partial charge on any atom is -0.394 e. The third kappa shape index (κ3) is 26.7. The molecule has 19 nitrogen and oxygen atoms in total. The lowest BCUT2D eigenvalue weighted by Crippen LogP contribution is -2.66. The second kappa shape index (κ2) is 43.0. The van der Waals surface area contributed by atoms with Gasteiger partial charge in [0, 0.05) is 6.42 Å². The van der Waals surface area contributed by atoms with E-state index in [0.717, 1.165) is 70.6 Å². The lowest BCUT2D eigenvalue weighted by Gasteiger charge is -2.48. The molecule has 17 unspecified atom stereocenters. The van der Waals surface area contributed by atoms with Crippen LogP contribution in [0.3, 0.4) is 0 Å². The first-order valence-corrected chi connectivity index (χ1v) is 30.6. The second-order valence-electron chi connectivity index (χ2n) is 22.2. The van der Waals surface area contributed by atoms with Crippen molar-refractivity contribution in [2.24, 2.45) is 0 Å². The minimum atomic E-state index is -1.97. The van der Waals surface area contributed by atoms with Gasteiger partial charge in [-0.05, 0) is 44.9 Å². The number of nitrogens with one attached hydrogen (secondary N) is 1. The normalized spacial score (nSPS) is 30.6. The van der Waals surface area contributed by atoms with Crippen molar-refractivity contribution in [2.45, 2.75) is 317 Å². The van der Waals surface area contributed by atoms with E-state index in [1.807, 2.05) is 0 Å². The van der Waals surface area contributed by atoms with Crippen LogP contribution >= 0.6 is 0 Å². The number of aliphatic hydroxyl groups is 11. The quantitative estimate of drug-likeness (QED) is 0.0263. The molecule has 0 radical (unpaired) electrons. The van der Waals surface area contributed by atoms with Crippen LogP contribution < -0.4 is 5.32 Å². The molecule has 3 aliphatic rings. The molecule has 3 heterocycles. The number of carbonyl (C=O) groups excluding carboxylic acids is 1. The Hall–Kier alpha value is -1.73. The van der Waals surface area contributed by atoms with Gasteiger partial charge in [-0.25, -0.2) is 0 Å². The summed E-state index contributed by atoms with van der Waals surface area (Å²) in [7, 11) is 0. The van der Waals surface area contributed by atoms with E-state index < -0.39 is 124 Å². The van der Waals surface area contributed by atoms with Gasteiger partial charge in [-0.2, -0.15) is 0 Å². The summed E-state index contributed by atoms with van der Waals surface area (Å²) in [5.74, 6) is -0.251. The smallest absolute Gasteiger partial charge is 0.220 e. The highest BCUT2D eigenvalue weighted by atomic mass is 16.8. The van der Waals surface area contributed by atoms with Crippen LogP contribution in [-0.2, 0) is 33.2 Å². The molecule has 17 atom stereocenters. The molecule has 3 fully saturated rings. The number of allylic oxidation sites excluding steroid dienone is 4. The van der Waals surface area contributed by atoms with Crippen LogP contribution in [0.15, 0.2) is 24.3 Å². The molecule has 19 heteroatoms. The van der Waals surface area contributed by atoms with E-state index in [1.165, 1.54) is 109 Å². The largest absolute Gasteiger partial charge is 0.394 e. The third-order valence-corrected chi connectivity index (χ3v) is 15.5. The van der Waals surface area contributed by atoms with Crippen molar-refractivity contribution in [1.29, 1.82) is 0 Å². The number of rotatable bonds is 45. The highest BCUT2D eigenvalue weighted by Crippen LogP contribution is 2.33. The Labute approximate surface area is 467 Å². The number of hydrogen-bond acceptors (Lipinski definition) is 18. The Morgan fingerprint density at radius 2 is 0.846 bits per heavy atom. The average Bonchev–Trinajstić information content (AvgIpc) is 3.48. The summed E-state index contributed by atoms with van der Waals surface area (Å²) in [6, 6.07) is -0.889. The Kier molecular flexibility index (Phi) is 38.9. The first kappa shape index (κ1) is 70.5. The molecule has 3 saturated heterocycles. The zero-order valence-electron chi connectivity index (χ0n) is 47.7. The van der Waals surface area contributed by atoms with E-state index in [9.17, 15) is 61.0 Å². The van der Waals surface area contributed by atoms with Gasteiger partial charge < -0.3 is 89.9 Å². The Morgan fingerprint density at radius 3 is 1.32 bits per heavy atom. The highest BCUT2D eigenvalue weighted by molar-refractivity contribution is 5.76. The number of ether oxygens (including phenoxy) is 6. The van der Waals surface area contributed by atoms with Gasteiger partial charge in [0.15, 0.2) is 18.9 Å². The molecule has 1 amide bonds. The van der Waals surface area contributed by atoms with E-state index >= 15 is 0 Å². The maximum atomic E-state index is 13.3. The zero-order valence-corrected chi connectivity index (χ0v) is 47.7. The Bertz CT molecular complexity index is 1530. The van der Waals surface area contributed by atoms with Crippen LogP contribution in [0.5, 0.6) is 0 Å². The second-order valence-corrected chi connectivity index (χ2v) is 22.2. The molecule has 3 aliphatic heterocycles. The van der Waals surface area contributed by atoms with E-state index in [1.54, 1.807) is 0 Å². The van der Waals surface area contributed by atoms with Crippen LogP contribution in [0.4, 0.5) is 0 Å². The predicted octanol–water partition coefficient (Wildman–Crippen LogP) is 5.54. The van der Waals surface area contributed by atoms with Crippen LogP contribution in [0.2, 0.25) is 0 Å². The van der Waals surface area contributed by atoms with Crippen LogP contribution in [0.25, 0.3) is 0 Å². The maximum absolute atomic E-state index is 13.3. The summed E-state index contributed by atoms with van der Waals surface area (Å²) < 4.78 is 34.3. The molecule has 0 aromatic rings. The molecule has 0 aromatic carbocycles. The number of hydrogen-bond donors (Lipinski definition) is 12. The summed E-state index contributed by atoms with van der Waals surface area (Å²) in [6.45, 7) is 1.77. The SMILES string of the molecule is CCCCCC/C=C\C/C=C\CCCCCCCCCC(=O)NC(COC1OC(CO)C(OC2OC(CO)C(OC3OC(CO)C(O)C(O)C3O)C(O)C2O)C(O)C1O)C(O)CCCCCCCCCCCCCCCCC. The van der Waals surface area contributed by atoms with Crippen LogP contribution in [0.1, 0.15) is 213 Å². The van der Waals surface area contributed by atoms with Gasteiger partial charge in [-0.15, -0.1) is 0 Å². The van der Waals surface area contributed by atoms with Gasteiger partial charge in [-0.3, -0.25) is 4.79 Å². The van der Waals surface area contributed by atoms with Crippen LogP contribution in [-0.4, -0.2) is 193 Å². The number of aliphatic hydroxyl groups excluding tert-OH is 11. The third-order valence-electron chi connectivity index (χ3n) is 15.5. The van der Waals surface area contributed by atoms with Crippen molar-refractivity contribution >= 4 is 5.91 Å². The Morgan fingerprint density at radius 1 is 0.462 bits per heavy atom. The Balaban J connectivity index is 1.49. The molecular weight excluding hydrogens is 1010 g/mol. The molecule has 0 bridgehead atoms. The van der Waals surface area contributed by atoms with Crippen molar-refractivity contribution in [1.82, 2.24) is 5.32 Å². The first-order chi connectivity index (χ1) is 37.8. The zero-order chi connectivity index (χ0) is 56.9. The van der Waals surface area contributed by atoms with Crippen molar-refractivity contribution in [3.05, 3.63) is 24.3 Å². The van der Waals surface area contributed by atoms with E-state index in [2.05, 4.69) is 43.5 Å². The number of unbranched alkanes of at least 4 members (excludes halogenated alkanes) is 25. The number of amides is 1. The molecule has 0 spiro atoms. The maximum Gasteiger partial charge on any atom is 0.220 e. The number of carbonyl (C=O) groups is 1. The molecule has 0 aromatic heterocycles. The summed E-state index contributed by atoms with van der Waals surface area (Å²) in [5.41, 5.74) is 0. The molecule has 0 aliphatic carbocycles. The van der Waals surface area contributed by atoms with Crippen molar-refractivity contribution in [3.8, 4) is 0 Å². The highest BCUT2D eigenvalue weighted by Gasteiger charge is 2.53. The van der Waals surface area contributed by atoms with E-state index in [0.29, 0.717) is 12.8 Å². The molecular formula is C59H109NO18. The van der Waals surface area contributed by atoms with Gasteiger partial charge in [0.2, 0.25) is 5.91 Å². The fourth-order valence-electron chi connectivity index (χ4n) is 10.5. The van der Waals surface area contributed by atoms with Crippen molar-refractivity contribution < 1.29 is 89.4 Å².